The topological polar surface area (TPSA) is 26.3 Å². The first-order valence-corrected chi connectivity index (χ1v) is 8.73. The Hall–Kier alpha value is -1.45. The van der Waals surface area contributed by atoms with Gasteiger partial charge in [-0.15, -0.1) is 0 Å². The Labute approximate surface area is 137 Å². The maximum Gasteiger partial charge on any atom is 0.201 e. The van der Waals surface area contributed by atoms with E-state index in [-0.39, 0.29) is 23.0 Å². The second-order valence-electron chi connectivity index (χ2n) is 6.43. The van der Waals surface area contributed by atoms with Gasteiger partial charge >= 0.3 is 0 Å². The average molecular weight is 324 g/mol. The molecule has 0 saturated heterocycles. The van der Waals surface area contributed by atoms with Crippen LogP contribution in [0.4, 0.5) is 8.78 Å². The molecule has 1 aliphatic rings. The summed E-state index contributed by atoms with van der Waals surface area (Å²) in [5, 5.41) is 0. The molecule has 0 bridgehead atoms. The monoisotopic (exact) mass is 324 g/mol. The molecule has 0 heterocycles. The largest absolute Gasteiger partial charge is 0.490 e. The van der Waals surface area contributed by atoms with Crippen molar-refractivity contribution in [3.05, 3.63) is 29.3 Å². The Morgan fingerprint density at radius 2 is 1.83 bits per heavy atom. The van der Waals surface area contributed by atoms with Crippen molar-refractivity contribution in [3.8, 4) is 5.75 Å². The highest BCUT2D eigenvalue weighted by molar-refractivity contribution is 5.98. The average Bonchev–Trinajstić information content (AvgIpc) is 2.58. The van der Waals surface area contributed by atoms with Crippen molar-refractivity contribution < 1.29 is 18.3 Å². The molecule has 0 atom stereocenters. The standard InChI is InChI=1S/C19H26F2O2/c1-3-5-12-23-16-11-10-15(17(20)18(16)21)19(22)14-8-6-13(4-2)7-9-14/h10-11,13-14H,3-9,12H2,1-2H3. The smallest absolute Gasteiger partial charge is 0.201 e. The number of rotatable bonds is 7. The first kappa shape index (κ1) is 17.9. The van der Waals surface area contributed by atoms with Crippen LogP contribution in [0.5, 0.6) is 5.75 Å². The van der Waals surface area contributed by atoms with Crippen molar-refractivity contribution in [3.63, 3.8) is 0 Å². The molecular formula is C19H26F2O2. The predicted molar refractivity (Wildman–Crippen MR) is 86.8 cm³/mol. The molecule has 128 valence electrons. The molecule has 1 saturated carbocycles. The predicted octanol–water partition coefficient (Wildman–Crippen LogP) is 5.54. The number of carbonyl (C=O) groups is 1. The van der Waals surface area contributed by atoms with Crippen LogP contribution in [0.3, 0.4) is 0 Å². The summed E-state index contributed by atoms with van der Waals surface area (Å²) in [6, 6.07) is 2.74. The van der Waals surface area contributed by atoms with Crippen LogP contribution >= 0.6 is 0 Å². The summed E-state index contributed by atoms with van der Waals surface area (Å²) >= 11 is 0. The van der Waals surface area contributed by atoms with Gasteiger partial charge in [0.2, 0.25) is 5.82 Å². The highest BCUT2D eigenvalue weighted by Crippen LogP contribution is 2.34. The van der Waals surface area contributed by atoms with E-state index in [1.54, 1.807) is 0 Å². The number of Topliss-reactive ketones (excluding diaryl/α,β-unsaturated/α-hetero) is 1. The lowest BCUT2D eigenvalue weighted by atomic mass is 9.77. The molecular weight excluding hydrogens is 298 g/mol. The maximum atomic E-state index is 14.2. The Morgan fingerprint density at radius 1 is 1.13 bits per heavy atom. The van der Waals surface area contributed by atoms with Gasteiger partial charge in [0.25, 0.3) is 0 Å². The SMILES string of the molecule is CCCCOc1ccc(C(=O)C2CCC(CC)CC2)c(F)c1F. The number of halogens is 2. The highest BCUT2D eigenvalue weighted by Gasteiger charge is 2.29. The van der Waals surface area contributed by atoms with Gasteiger partial charge in [0.15, 0.2) is 17.3 Å². The number of carbonyl (C=O) groups excluding carboxylic acids is 1. The van der Waals surface area contributed by atoms with E-state index in [0.29, 0.717) is 12.5 Å². The molecule has 1 aromatic rings. The van der Waals surface area contributed by atoms with Crippen molar-refractivity contribution in [1.82, 2.24) is 0 Å². The summed E-state index contributed by atoms with van der Waals surface area (Å²) in [6.45, 7) is 4.50. The second-order valence-corrected chi connectivity index (χ2v) is 6.43. The van der Waals surface area contributed by atoms with Gasteiger partial charge in [-0.05, 0) is 50.2 Å². The lowest BCUT2D eigenvalue weighted by Crippen LogP contribution is -2.23. The Balaban J connectivity index is 2.07. The molecule has 0 N–H and O–H groups in total. The summed E-state index contributed by atoms with van der Waals surface area (Å²) in [5.41, 5.74) is -0.134. The van der Waals surface area contributed by atoms with Gasteiger partial charge in [-0.1, -0.05) is 26.7 Å². The number of ketones is 1. The summed E-state index contributed by atoms with van der Waals surface area (Å²) < 4.78 is 33.6. The van der Waals surface area contributed by atoms with E-state index in [9.17, 15) is 13.6 Å². The minimum atomic E-state index is -1.07. The van der Waals surface area contributed by atoms with Crippen LogP contribution in [0.15, 0.2) is 12.1 Å². The molecule has 0 amide bonds. The number of benzene rings is 1. The Bertz CT molecular complexity index is 534. The minimum absolute atomic E-state index is 0.109. The third-order valence-corrected chi connectivity index (χ3v) is 4.86. The zero-order valence-corrected chi connectivity index (χ0v) is 14.0. The van der Waals surface area contributed by atoms with Crippen molar-refractivity contribution in [2.45, 2.75) is 58.8 Å². The molecule has 1 aliphatic carbocycles. The molecule has 0 unspecified atom stereocenters. The fourth-order valence-corrected chi connectivity index (χ4v) is 3.21. The summed E-state index contributed by atoms with van der Waals surface area (Å²) in [5.74, 6) is -2.01. The lowest BCUT2D eigenvalue weighted by Gasteiger charge is -2.27. The number of unbranched alkanes of at least 4 members (excludes halogenated alkanes) is 1. The van der Waals surface area contributed by atoms with Crippen LogP contribution in [0.1, 0.15) is 69.2 Å². The first-order valence-electron chi connectivity index (χ1n) is 8.73. The fourth-order valence-electron chi connectivity index (χ4n) is 3.21. The Kier molecular flexibility index (Phi) is 6.55. The molecule has 23 heavy (non-hydrogen) atoms. The molecule has 0 aliphatic heterocycles. The molecule has 0 aromatic heterocycles. The van der Waals surface area contributed by atoms with Crippen molar-refractivity contribution in [1.29, 1.82) is 0 Å². The minimum Gasteiger partial charge on any atom is -0.490 e. The van der Waals surface area contributed by atoms with Gasteiger partial charge in [-0.2, -0.15) is 4.39 Å². The van der Waals surface area contributed by atoms with Gasteiger partial charge in [-0.25, -0.2) is 4.39 Å². The van der Waals surface area contributed by atoms with Crippen LogP contribution in [-0.4, -0.2) is 12.4 Å². The van der Waals surface area contributed by atoms with Gasteiger partial charge < -0.3 is 4.74 Å². The van der Waals surface area contributed by atoms with Gasteiger partial charge in [0, 0.05) is 5.92 Å². The van der Waals surface area contributed by atoms with E-state index in [1.165, 1.54) is 12.1 Å². The van der Waals surface area contributed by atoms with E-state index in [0.717, 1.165) is 44.9 Å². The van der Waals surface area contributed by atoms with Crippen LogP contribution in [0, 0.1) is 23.5 Å². The fraction of sp³-hybridized carbons (Fsp3) is 0.632. The van der Waals surface area contributed by atoms with E-state index in [4.69, 9.17) is 4.74 Å². The van der Waals surface area contributed by atoms with Gasteiger partial charge in [-0.3, -0.25) is 4.79 Å². The normalized spacial score (nSPS) is 21.2. The zero-order valence-electron chi connectivity index (χ0n) is 14.0. The van der Waals surface area contributed by atoms with E-state index >= 15 is 0 Å². The maximum absolute atomic E-state index is 14.2. The zero-order chi connectivity index (χ0) is 16.8. The van der Waals surface area contributed by atoms with Crippen LogP contribution in [0.2, 0.25) is 0 Å². The number of hydrogen-bond donors (Lipinski definition) is 0. The summed E-state index contributed by atoms with van der Waals surface area (Å²) in [4.78, 5) is 12.5. The lowest BCUT2D eigenvalue weighted by molar-refractivity contribution is 0.0865. The quantitative estimate of drug-likeness (QED) is 0.486. The van der Waals surface area contributed by atoms with Gasteiger partial charge in [0.1, 0.15) is 0 Å². The number of ether oxygens (including phenoxy) is 1. The van der Waals surface area contributed by atoms with Crippen molar-refractivity contribution >= 4 is 5.78 Å². The van der Waals surface area contributed by atoms with E-state index < -0.39 is 11.6 Å². The molecule has 2 rings (SSSR count). The highest BCUT2D eigenvalue weighted by atomic mass is 19.2. The first-order chi connectivity index (χ1) is 11.1. The second kappa shape index (κ2) is 8.42. The molecule has 4 heteroatoms. The van der Waals surface area contributed by atoms with Gasteiger partial charge in [0.05, 0.1) is 12.2 Å². The Morgan fingerprint density at radius 3 is 2.43 bits per heavy atom. The van der Waals surface area contributed by atoms with E-state index in [2.05, 4.69) is 6.92 Å². The number of hydrogen-bond acceptors (Lipinski definition) is 2. The van der Waals surface area contributed by atoms with Crippen molar-refractivity contribution in [2.24, 2.45) is 11.8 Å². The molecule has 2 nitrogen and oxygen atoms in total. The van der Waals surface area contributed by atoms with Crippen LogP contribution < -0.4 is 4.74 Å². The third-order valence-electron chi connectivity index (χ3n) is 4.86. The molecule has 1 aromatic carbocycles. The molecule has 0 radical (unpaired) electrons. The van der Waals surface area contributed by atoms with Crippen molar-refractivity contribution in [2.75, 3.05) is 6.61 Å². The molecule has 1 fully saturated rings. The van der Waals surface area contributed by atoms with E-state index in [1.807, 2.05) is 6.92 Å². The summed E-state index contributed by atoms with van der Waals surface area (Å²) in [7, 11) is 0. The summed E-state index contributed by atoms with van der Waals surface area (Å²) in [6.07, 6.45) is 6.35. The third kappa shape index (κ3) is 4.30. The molecule has 0 spiro atoms. The van der Waals surface area contributed by atoms with Crippen LogP contribution in [0.25, 0.3) is 0 Å². The van der Waals surface area contributed by atoms with Crippen LogP contribution in [-0.2, 0) is 0 Å².